The van der Waals surface area contributed by atoms with Gasteiger partial charge in [-0.3, -0.25) is 4.79 Å². The van der Waals surface area contributed by atoms with E-state index in [4.69, 9.17) is 35.0 Å². The number of ether oxygens (including phenoxy) is 4. The Bertz CT molecular complexity index is 1700. The van der Waals surface area contributed by atoms with Crippen LogP contribution >= 0.6 is 11.6 Å². The minimum atomic E-state index is -5.08. The van der Waals surface area contributed by atoms with Crippen molar-refractivity contribution in [1.29, 1.82) is 0 Å². The first-order valence-corrected chi connectivity index (χ1v) is 13.9. The fourth-order valence-corrected chi connectivity index (χ4v) is 4.84. The first-order valence-electron chi connectivity index (χ1n) is 13.6. The Balaban J connectivity index is 1.62. The van der Waals surface area contributed by atoms with Gasteiger partial charge in [-0.15, -0.1) is 0 Å². The maximum absolute atomic E-state index is 14.4. The quantitative estimate of drug-likeness (QED) is 0.203. The van der Waals surface area contributed by atoms with Crippen LogP contribution in [0.2, 0.25) is 5.02 Å². The van der Waals surface area contributed by atoms with E-state index in [1.807, 2.05) is 6.92 Å². The van der Waals surface area contributed by atoms with Crippen LogP contribution in [0, 0.1) is 6.92 Å². The zero-order chi connectivity index (χ0) is 30.7. The highest BCUT2D eigenvalue weighted by molar-refractivity contribution is 6.31. The summed E-state index contributed by atoms with van der Waals surface area (Å²) in [6.45, 7) is 6.03. The minimum absolute atomic E-state index is 0.0158. The summed E-state index contributed by atoms with van der Waals surface area (Å²) >= 11 is 6.04. The first-order chi connectivity index (χ1) is 20.5. The molecule has 12 heteroatoms. The summed E-state index contributed by atoms with van der Waals surface area (Å²) in [5.74, 6) is -2.83. The maximum Gasteiger partial charge on any atom is 0.453 e. The smallest absolute Gasteiger partial charge is 0.453 e. The van der Waals surface area contributed by atoms with Gasteiger partial charge in [0.25, 0.3) is 5.76 Å². The maximum atomic E-state index is 14.4. The molecule has 226 valence electrons. The predicted molar refractivity (Wildman–Crippen MR) is 152 cm³/mol. The molecule has 43 heavy (non-hydrogen) atoms. The molecular weight excluding hydrogens is 591 g/mol. The van der Waals surface area contributed by atoms with Gasteiger partial charge in [-0.1, -0.05) is 11.6 Å². The van der Waals surface area contributed by atoms with Crippen molar-refractivity contribution in [3.8, 4) is 23.0 Å². The molecule has 1 N–H and O–H groups in total. The van der Waals surface area contributed by atoms with Crippen LogP contribution < -0.4 is 24.5 Å². The number of hydrogen-bond acceptors (Lipinski definition) is 7. The second kappa shape index (κ2) is 12.7. The van der Waals surface area contributed by atoms with Gasteiger partial charge in [0.2, 0.25) is 11.2 Å². The molecule has 0 spiro atoms. The second-order valence-corrected chi connectivity index (χ2v) is 10.3. The highest BCUT2D eigenvalue weighted by atomic mass is 35.5. The van der Waals surface area contributed by atoms with Crippen LogP contribution in [0.4, 0.5) is 13.2 Å². The lowest BCUT2D eigenvalue weighted by molar-refractivity contribution is -0.921. The number of carbonyl (C=O) groups is 1. The van der Waals surface area contributed by atoms with Crippen LogP contribution in [0.15, 0.2) is 63.8 Å². The van der Waals surface area contributed by atoms with Gasteiger partial charge in [0, 0.05) is 5.02 Å². The molecule has 1 aliphatic rings. The zero-order valence-corrected chi connectivity index (χ0v) is 24.1. The van der Waals surface area contributed by atoms with Crippen molar-refractivity contribution < 1.29 is 46.2 Å². The Hall–Kier alpha value is -4.06. The molecule has 1 aliphatic heterocycles. The third-order valence-corrected chi connectivity index (χ3v) is 7.34. The van der Waals surface area contributed by atoms with Gasteiger partial charge < -0.3 is 28.3 Å². The summed E-state index contributed by atoms with van der Waals surface area (Å²) in [6.07, 6.45) is -5.08. The predicted octanol–water partition coefficient (Wildman–Crippen LogP) is 5.60. The molecule has 1 saturated heterocycles. The highest BCUT2D eigenvalue weighted by Crippen LogP contribution is 2.40. The molecule has 0 saturated carbocycles. The van der Waals surface area contributed by atoms with Crippen molar-refractivity contribution in [2.75, 3.05) is 32.9 Å². The molecule has 2 heterocycles. The average Bonchev–Trinajstić information content (AvgIpc) is 2.98. The SMILES string of the molecule is CCOc1ccc(C(=O)Oc2ccc3c(=O)c(Oc4ccc(Cl)c(C)c4)c(C(F)(F)F)oc3c2C[NH+]2CCOCC2)cc1. The molecular formula is C31H28ClF3NO7+. The molecule has 0 aliphatic carbocycles. The molecule has 8 nitrogen and oxygen atoms in total. The van der Waals surface area contributed by atoms with Gasteiger partial charge in [0.15, 0.2) is 5.58 Å². The lowest BCUT2D eigenvalue weighted by Crippen LogP contribution is -3.12. The van der Waals surface area contributed by atoms with Crippen LogP contribution in [0.5, 0.6) is 23.0 Å². The molecule has 4 aromatic rings. The Morgan fingerprint density at radius 3 is 2.37 bits per heavy atom. The minimum Gasteiger partial charge on any atom is -0.494 e. The first kappa shape index (κ1) is 30.4. The van der Waals surface area contributed by atoms with Crippen molar-refractivity contribution in [2.45, 2.75) is 26.6 Å². The van der Waals surface area contributed by atoms with E-state index >= 15 is 0 Å². The molecule has 5 rings (SSSR count). The van der Waals surface area contributed by atoms with E-state index < -0.39 is 29.1 Å². The molecule has 0 unspecified atom stereocenters. The zero-order valence-electron chi connectivity index (χ0n) is 23.3. The van der Waals surface area contributed by atoms with E-state index in [1.54, 1.807) is 19.1 Å². The molecule has 1 fully saturated rings. The molecule has 0 atom stereocenters. The number of benzene rings is 3. The largest absolute Gasteiger partial charge is 0.494 e. The van der Waals surface area contributed by atoms with E-state index in [1.165, 1.54) is 42.5 Å². The Morgan fingerprint density at radius 2 is 1.72 bits per heavy atom. The summed E-state index contributed by atoms with van der Waals surface area (Å²) in [5.41, 5.74) is -0.470. The lowest BCUT2D eigenvalue weighted by Gasteiger charge is -2.25. The summed E-state index contributed by atoms with van der Waals surface area (Å²) in [4.78, 5) is 27.6. The average molecular weight is 619 g/mol. The Labute approximate surface area is 249 Å². The summed E-state index contributed by atoms with van der Waals surface area (Å²) in [5, 5.41) is 0.230. The van der Waals surface area contributed by atoms with E-state index in [2.05, 4.69) is 0 Å². The third-order valence-electron chi connectivity index (χ3n) is 6.92. The normalized spacial score (nSPS) is 14.1. The number of carbonyl (C=O) groups excluding carboxylic acids is 1. The van der Waals surface area contributed by atoms with E-state index in [0.717, 1.165) is 4.90 Å². The van der Waals surface area contributed by atoms with E-state index in [-0.39, 0.29) is 40.1 Å². The fourth-order valence-electron chi connectivity index (χ4n) is 4.72. The van der Waals surface area contributed by atoms with E-state index in [0.29, 0.717) is 49.2 Å². The molecule has 3 aromatic carbocycles. The van der Waals surface area contributed by atoms with Crippen molar-refractivity contribution >= 4 is 28.5 Å². The van der Waals surface area contributed by atoms with Crippen molar-refractivity contribution in [1.82, 2.24) is 0 Å². The number of fused-ring (bicyclic) bond motifs is 1. The van der Waals surface area contributed by atoms with Gasteiger partial charge in [0.05, 0.1) is 36.3 Å². The Morgan fingerprint density at radius 1 is 1.02 bits per heavy atom. The van der Waals surface area contributed by atoms with Gasteiger partial charge in [-0.05, 0) is 74.0 Å². The summed E-state index contributed by atoms with van der Waals surface area (Å²) in [7, 11) is 0. The molecule has 0 bridgehead atoms. The van der Waals surface area contributed by atoms with Crippen LogP contribution in [-0.2, 0) is 17.5 Å². The number of quaternary nitrogens is 1. The second-order valence-electron chi connectivity index (χ2n) is 9.91. The summed E-state index contributed by atoms with van der Waals surface area (Å²) in [6, 6.07) is 13.1. The number of nitrogens with one attached hydrogen (secondary N) is 1. The van der Waals surface area contributed by atoms with Gasteiger partial charge in [-0.25, -0.2) is 4.79 Å². The van der Waals surface area contributed by atoms with Crippen LogP contribution in [-0.4, -0.2) is 38.9 Å². The lowest BCUT2D eigenvalue weighted by atomic mass is 10.1. The van der Waals surface area contributed by atoms with Crippen molar-refractivity contribution in [3.05, 3.63) is 92.3 Å². The molecule has 0 amide bonds. The topological polar surface area (TPSA) is 88.6 Å². The number of aryl methyl sites for hydroxylation is 1. The van der Waals surface area contributed by atoms with Gasteiger partial charge in [0.1, 0.15) is 36.9 Å². The summed E-state index contributed by atoms with van der Waals surface area (Å²) < 4.78 is 70.5. The molecule has 1 aromatic heterocycles. The van der Waals surface area contributed by atoms with Crippen LogP contribution in [0.3, 0.4) is 0 Å². The van der Waals surface area contributed by atoms with Crippen molar-refractivity contribution in [2.24, 2.45) is 0 Å². The standard InChI is InChI=1S/C31H27ClF3NO7/c1-3-40-20-6-4-19(5-7-20)30(38)42-25-11-9-22-26(37)28(41-21-8-10-24(32)18(2)16-21)29(31(33,34)35)43-27(22)23(25)17-36-12-14-39-15-13-36/h4-11,16H,3,12-15,17H2,1-2H3/p+1. The van der Waals surface area contributed by atoms with Crippen LogP contribution in [0.25, 0.3) is 11.0 Å². The monoisotopic (exact) mass is 618 g/mol. The van der Waals surface area contributed by atoms with Gasteiger partial charge in [-0.2, -0.15) is 13.2 Å². The highest BCUT2D eigenvalue weighted by Gasteiger charge is 2.41. The van der Waals surface area contributed by atoms with Gasteiger partial charge >= 0.3 is 12.1 Å². The fraction of sp³-hybridized carbons (Fsp3) is 0.290. The van der Waals surface area contributed by atoms with E-state index in [9.17, 15) is 22.8 Å². The van der Waals surface area contributed by atoms with Crippen LogP contribution in [0.1, 0.15) is 34.2 Å². The number of hydrogen-bond donors (Lipinski definition) is 1. The Kier molecular flexibility index (Phi) is 8.95. The molecule has 0 radical (unpaired) electrons. The van der Waals surface area contributed by atoms with Crippen molar-refractivity contribution in [3.63, 3.8) is 0 Å². The number of esters is 1. The third kappa shape index (κ3) is 6.79. The number of morpholine rings is 1. The number of alkyl halides is 3. The number of halogens is 4. The number of rotatable bonds is 8.